The lowest BCUT2D eigenvalue weighted by Gasteiger charge is -2.22. The first-order chi connectivity index (χ1) is 9.40. The van der Waals surface area contributed by atoms with Gasteiger partial charge in [-0.05, 0) is 24.1 Å². The Bertz CT molecular complexity index is 346. The number of rotatable bonds is 6. The highest BCUT2D eigenvalue weighted by atomic mass is 16.5. The van der Waals surface area contributed by atoms with Crippen LogP contribution in [0.4, 0.5) is 5.69 Å². The van der Waals surface area contributed by atoms with Crippen molar-refractivity contribution >= 4 is 5.69 Å². The molecule has 2 rings (SSSR count). The Labute approximate surface area is 115 Å². The predicted octanol–water partition coefficient (Wildman–Crippen LogP) is 1.65. The Morgan fingerprint density at radius 2 is 2.05 bits per heavy atom. The van der Waals surface area contributed by atoms with Crippen LogP contribution in [0.15, 0.2) is 24.3 Å². The maximum atomic E-state index is 5.48. The van der Waals surface area contributed by atoms with Gasteiger partial charge in [-0.25, -0.2) is 0 Å². The number of nitrogens with one attached hydrogen (secondary N) is 1. The van der Waals surface area contributed by atoms with E-state index in [0.29, 0.717) is 0 Å². The van der Waals surface area contributed by atoms with Gasteiger partial charge in [0.05, 0.1) is 13.2 Å². The molecule has 1 fully saturated rings. The van der Waals surface area contributed by atoms with Gasteiger partial charge >= 0.3 is 0 Å². The Balaban J connectivity index is 1.83. The second kappa shape index (κ2) is 8.15. The third-order valence-corrected chi connectivity index (χ3v) is 3.34. The molecule has 0 radical (unpaired) electrons. The van der Waals surface area contributed by atoms with Gasteiger partial charge in [0.2, 0.25) is 0 Å². The molecular formula is C15H24N2O2. The van der Waals surface area contributed by atoms with E-state index in [0.717, 1.165) is 52.4 Å². The van der Waals surface area contributed by atoms with E-state index in [2.05, 4.69) is 34.5 Å². The third kappa shape index (κ3) is 4.82. The maximum absolute atomic E-state index is 5.48. The van der Waals surface area contributed by atoms with Crippen LogP contribution >= 0.6 is 0 Å². The van der Waals surface area contributed by atoms with Crippen molar-refractivity contribution in [2.45, 2.75) is 13.0 Å². The molecule has 1 aliphatic rings. The molecule has 4 nitrogen and oxygen atoms in total. The average molecular weight is 264 g/mol. The molecule has 0 amide bonds. The van der Waals surface area contributed by atoms with E-state index in [1.807, 2.05) is 0 Å². The summed E-state index contributed by atoms with van der Waals surface area (Å²) >= 11 is 0. The molecule has 0 saturated carbocycles. The standard InChI is InChI=1S/C15H24N2O2/c1-18-11-7-16-13-14-3-5-15(6-4-14)17-8-2-10-19-12-9-17/h3-6,16H,2,7-13H2,1H3. The van der Waals surface area contributed by atoms with Gasteiger partial charge in [0, 0.05) is 45.6 Å². The molecule has 0 unspecified atom stereocenters. The van der Waals surface area contributed by atoms with E-state index < -0.39 is 0 Å². The molecule has 106 valence electrons. The van der Waals surface area contributed by atoms with Gasteiger partial charge in [0.25, 0.3) is 0 Å². The Kier molecular flexibility index (Phi) is 6.14. The van der Waals surface area contributed by atoms with Crippen LogP contribution in [-0.4, -0.2) is 46.6 Å². The Morgan fingerprint density at radius 3 is 2.84 bits per heavy atom. The smallest absolute Gasteiger partial charge is 0.0641 e. The van der Waals surface area contributed by atoms with Crippen LogP contribution in [0.25, 0.3) is 0 Å². The summed E-state index contributed by atoms with van der Waals surface area (Å²) in [5.74, 6) is 0. The van der Waals surface area contributed by atoms with Crippen LogP contribution < -0.4 is 10.2 Å². The molecule has 0 aliphatic carbocycles. The molecule has 1 saturated heterocycles. The van der Waals surface area contributed by atoms with Gasteiger partial charge in [-0.15, -0.1) is 0 Å². The summed E-state index contributed by atoms with van der Waals surface area (Å²) in [7, 11) is 1.72. The summed E-state index contributed by atoms with van der Waals surface area (Å²) in [6.45, 7) is 6.34. The number of ether oxygens (including phenoxy) is 2. The highest BCUT2D eigenvalue weighted by Gasteiger charge is 2.09. The number of anilines is 1. The lowest BCUT2D eigenvalue weighted by atomic mass is 10.2. The molecule has 0 bridgehead atoms. The van der Waals surface area contributed by atoms with Crippen LogP contribution in [0.2, 0.25) is 0 Å². The summed E-state index contributed by atoms with van der Waals surface area (Å²) in [5, 5.41) is 3.35. The molecule has 1 N–H and O–H groups in total. The predicted molar refractivity (Wildman–Crippen MR) is 77.7 cm³/mol. The third-order valence-electron chi connectivity index (χ3n) is 3.34. The van der Waals surface area contributed by atoms with E-state index in [1.54, 1.807) is 7.11 Å². The first-order valence-corrected chi connectivity index (χ1v) is 7.01. The fraction of sp³-hybridized carbons (Fsp3) is 0.600. The molecule has 0 aromatic heterocycles. The molecule has 1 aliphatic heterocycles. The number of methoxy groups -OCH3 is 1. The van der Waals surface area contributed by atoms with Crippen molar-refractivity contribution in [1.82, 2.24) is 5.32 Å². The van der Waals surface area contributed by atoms with Crippen molar-refractivity contribution in [3.63, 3.8) is 0 Å². The van der Waals surface area contributed by atoms with Gasteiger partial charge in [-0.1, -0.05) is 12.1 Å². The summed E-state index contributed by atoms with van der Waals surface area (Å²) in [6.07, 6.45) is 1.11. The normalized spacial score (nSPS) is 16.4. The van der Waals surface area contributed by atoms with Crippen molar-refractivity contribution in [1.29, 1.82) is 0 Å². The van der Waals surface area contributed by atoms with Gasteiger partial charge in [0.1, 0.15) is 0 Å². The van der Waals surface area contributed by atoms with Crippen LogP contribution in [0, 0.1) is 0 Å². The van der Waals surface area contributed by atoms with Crippen LogP contribution in [0.1, 0.15) is 12.0 Å². The lowest BCUT2D eigenvalue weighted by molar-refractivity contribution is 0.152. The van der Waals surface area contributed by atoms with Gasteiger partial charge in [-0.2, -0.15) is 0 Å². The van der Waals surface area contributed by atoms with Crippen molar-refractivity contribution in [2.75, 3.05) is 51.5 Å². The maximum Gasteiger partial charge on any atom is 0.0641 e. The minimum atomic E-state index is 0.756. The number of hydrogen-bond donors (Lipinski definition) is 1. The van der Waals surface area contributed by atoms with E-state index in [-0.39, 0.29) is 0 Å². The largest absolute Gasteiger partial charge is 0.383 e. The second-order valence-corrected chi connectivity index (χ2v) is 4.79. The topological polar surface area (TPSA) is 33.7 Å². The van der Waals surface area contributed by atoms with Crippen molar-refractivity contribution in [3.05, 3.63) is 29.8 Å². The van der Waals surface area contributed by atoms with Crippen LogP contribution in [0.5, 0.6) is 0 Å². The number of benzene rings is 1. The quantitative estimate of drug-likeness (QED) is 0.792. The summed E-state index contributed by atoms with van der Waals surface area (Å²) in [6, 6.07) is 8.80. The summed E-state index contributed by atoms with van der Waals surface area (Å²) in [4.78, 5) is 2.40. The average Bonchev–Trinajstić information content (AvgIpc) is 2.73. The number of nitrogens with zero attached hydrogens (tertiary/aromatic N) is 1. The van der Waals surface area contributed by atoms with Crippen LogP contribution in [-0.2, 0) is 16.0 Å². The van der Waals surface area contributed by atoms with E-state index in [4.69, 9.17) is 9.47 Å². The first kappa shape index (κ1) is 14.3. The molecule has 1 heterocycles. The zero-order valence-electron chi connectivity index (χ0n) is 11.7. The fourth-order valence-corrected chi connectivity index (χ4v) is 2.24. The highest BCUT2D eigenvalue weighted by molar-refractivity contribution is 5.47. The SMILES string of the molecule is COCCNCc1ccc(N2CCCOCC2)cc1. The lowest BCUT2D eigenvalue weighted by Crippen LogP contribution is -2.25. The van der Waals surface area contributed by atoms with Gasteiger partial charge in [0.15, 0.2) is 0 Å². The Morgan fingerprint density at radius 1 is 1.21 bits per heavy atom. The zero-order valence-corrected chi connectivity index (χ0v) is 11.7. The molecule has 1 aromatic rings. The van der Waals surface area contributed by atoms with E-state index in [1.165, 1.54) is 11.3 Å². The summed E-state index contributed by atoms with van der Waals surface area (Å²) in [5.41, 5.74) is 2.61. The van der Waals surface area contributed by atoms with Crippen molar-refractivity contribution in [2.24, 2.45) is 0 Å². The van der Waals surface area contributed by atoms with Gasteiger partial charge in [-0.3, -0.25) is 0 Å². The van der Waals surface area contributed by atoms with E-state index >= 15 is 0 Å². The molecule has 0 atom stereocenters. The van der Waals surface area contributed by atoms with Crippen LogP contribution in [0.3, 0.4) is 0 Å². The van der Waals surface area contributed by atoms with E-state index in [9.17, 15) is 0 Å². The number of hydrogen-bond acceptors (Lipinski definition) is 4. The molecule has 0 spiro atoms. The zero-order chi connectivity index (χ0) is 13.3. The minimum absolute atomic E-state index is 0.756. The molecular weight excluding hydrogens is 240 g/mol. The summed E-state index contributed by atoms with van der Waals surface area (Å²) < 4.78 is 10.5. The molecule has 4 heteroatoms. The van der Waals surface area contributed by atoms with Gasteiger partial charge < -0.3 is 19.7 Å². The Hall–Kier alpha value is -1.10. The highest BCUT2D eigenvalue weighted by Crippen LogP contribution is 2.16. The first-order valence-electron chi connectivity index (χ1n) is 7.01. The second-order valence-electron chi connectivity index (χ2n) is 4.79. The fourth-order valence-electron chi connectivity index (χ4n) is 2.24. The van der Waals surface area contributed by atoms with Crippen molar-refractivity contribution in [3.8, 4) is 0 Å². The molecule has 1 aromatic carbocycles. The minimum Gasteiger partial charge on any atom is -0.383 e. The van der Waals surface area contributed by atoms with Crippen molar-refractivity contribution < 1.29 is 9.47 Å². The molecule has 19 heavy (non-hydrogen) atoms. The monoisotopic (exact) mass is 264 g/mol.